The van der Waals surface area contributed by atoms with Crippen LogP contribution in [0.3, 0.4) is 0 Å². The number of nitriles is 1. The van der Waals surface area contributed by atoms with Gasteiger partial charge in [-0.15, -0.1) is 0 Å². The molecule has 0 saturated heterocycles. The van der Waals surface area contributed by atoms with E-state index >= 15 is 0 Å². The van der Waals surface area contributed by atoms with E-state index in [0.29, 0.717) is 17.2 Å². The molecule has 0 saturated carbocycles. The van der Waals surface area contributed by atoms with E-state index in [1.807, 2.05) is 6.07 Å². The van der Waals surface area contributed by atoms with Gasteiger partial charge in [-0.3, -0.25) is 9.52 Å². The van der Waals surface area contributed by atoms with Crippen LogP contribution in [0.1, 0.15) is 27.0 Å². The van der Waals surface area contributed by atoms with Crippen LogP contribution in [0.5, 0.6) is 0 Å². The Morgan fingerprint density at radius 3 is 2.36 bits per heavy atom. The number of halogens is 4. The standard InChI is InChI=1S/C22H15ClF3N3O3S/c23-20-9-8-18(33(31,32)29-17-3-1-2-16(10-17)22(24,25)26)11-19(20)21(30)28-13-15-6-4-14(12-27)5-7-15/h1-11,29H,13H2,(H,28,30). The highest BCUT2D eigenvalue weighted by atomic mass is 35.5. The molecular weight excluding hydrogens is 479 g/mol. The first-order valence-corrected chi connectivity index (χ1v) is 11.1. The lowest BCUT2D eigenvalue weighted by molar-refractivity contribution is -0.137. The number of carbonyl (C=O) groups excluding carboxylic acids is 1. The van der Waals surface area contributed by atoms with Crippen LogP contribution in [0.25, 0.3) is 0 Å². The van der Waals surface area contributed by atoms with Crippen LogP contribution < -0.4 is 10.0 Å². The summed E-state index contributed by atoms with van der Waals surface area (Å²) in [5.74, 6) is -0.652. The Kier molecular flexibility index (Phi) is 6.95. The smallest absolute Gasteiger partial charge is 0.348 e. The number of rotatable bonds is 6. The second-order valence-electron chi connectivity index (χ2n) is 6.82. The molecule has 0 aliphatic rings. The third-order valence-electron chi connectivity index (χ3n) is 4.47. The van der Waals surface area contributed by atoms with E-state index in [2.05, 4.69) is 10.0 Å². The largest absolute Gasteiger partial charge is 0.416 e. The Hall–Kier alpha value is -3.55. The summed E-state index contributed by atoms with van der Waals surface area (Å²) in [5.41, 5.74) is -0.266. The fourth-order valence-electron chi connectivity index (χ4n) is 2.79. The molecule has 3 aromatic rings. The summed E-state index contributed by atoms with van der Waals surface area (Å²) < 4.78 is 66.1. The number of amides is 1. The van der Waals surface area contributed by atoms with Crippen molar-refractivity contribution in [1.29, 1.82) is 5.26 Å². The Bertz CT molecular complexity index is 1340. The van der Waals surface area contributed by atoms with Gasteiger partial charge in [-0.05, 0) is 54.1 Å². The molecule has 0 aliphatic heterocycles. The lowest BCUT2D eigenvalue weighted by atomic mass is 10.1. The summed E-state index contributed by atoms with van der Waals surface area (Å²) in [7, 11) is -4.31. The van der Waals surface area contributed by atoms with Crippen LogP contribution in [0.15, 0.2) is 71.6 Å². The van der Waals surface area contributed by atoms with Crippen molar-refractivity contribution >= 4 is 33.2 Å². The van der Waals surface area contributed by atoms with Gasteiger partial charge in [0.1, 0.15) is 0 Å². The molecule has 0 bridgehead atoms. The maximum atomic E-state index is 12.9. The van der Waals surface area contributed by atoms with E-state index in [9.17, 15) is 26.4 Å². The summed E-state index contributed by atoms with van der Waals surface area (Å²) in [6, 6.07) is 15.6. The van der Waals surface area contributed by atoms with Crippen molar-refractivity contribution in [3.05, 3.63) is 94.0 Å². The number of hydrogen-bond donors (Lipinski definition) is 2. The third-order valence-corrected chi connectivity index (χ3v) is 6.18. The lowest BCUT2D eigenvalue weighted by Gasteiger charge is -2.13. The maximum absolute atomic E-state index is 12.9. The number of sulfonamides is 1. The van der Waals surface area contributed by atoms with Gasteiger partial charge in [0, 0.05) is 12.2 Å². The van der Waals surface area contributed by atoms with Crippen LogP contribution in [-0.4, -0.2) is 14.3 Å². The Labute approximate surface area is 192 Å². The van der Waals surface area contributed by atoms with E-state index in [4.69, 9.17) is 16.9 Å². The van der Waals surface area contributed by atoms with Crippen LogP contribution in [0.4, 0.5) is 18.9 Å². The summed E-state index contributed by atoms with van der Waals surface area (Å²) in [4.78, 5) is 12.2. The van der Waals surface area contributed by atoms with Gasteiger partial charge in [-0.2, -0.15) is 18.4 Å². The SMILES string of the molecule is N#Cc1ccc(CNC(=O)c2cc(S(=O)(=O)Nc3cccc(C(F)(F)F)c3)ccc2Cl)cc1. The number of carbonyl (C=O) groups is 1. The molecule has 33 heavy (non-hydrogen) atoms. The van der Waals surface area contributed by atoms with E-state index in [0.717, 1.165) is 24.3 Å². The molecule has 2 N–H and O–H groups in total. The molecule has 0 spiro atoms. The predicted molar refractivity (Wildman–Crippen MR) is 116 cm³/mol. The number of alkyl halides is 3. The summed E-state index contributed by atoms with van der Waals surface area (Å²) in [6.07, 6.45) is -4.64. The zero-order valence-corrected chi connectivity index (χ0v) is 18.2. The highest BCUT2D eigenvalue weighted by Crippen LogP contribution is 2.31. The molecule has 0 fully saturated rings. The van der Waals surface area contributed by atoms with Gasteiger partial charge < -0.3 is 5.32 Å². The average molecular weight is 494 g/mol. The number of benzene rings is 3. The highest BCUT2D eigenvalue weighted by molar-refractivity contribution is 7.92. The molecule has 0 atom stereocenters. The van der Waals surface area contributed by atoms with Gasteiger partial charge in [-0.1, -0.05) is 29.8 Å². The number of nitrogens with one attached hydrogen (secondary N) is 2. The van der Waals surface area contributed by atoms with Gasteiger partial charge in [0.05, 0.1) is 32.7 Å². The monoisotopic (exact) mass is 493 g/mol. The van der Waals surface area contributed by atoms with Crippen molar-refractivity contribution in [2.75, 3.05) is 4.72 Å². The molecule has 0 radical (unpaired) electrons. The van der Waals surface area contributed by atoms with Crippen LogP contribution in [0.2, 0.25) is 5.02 Å². The van der Waals surface area contributed by atoms with Crippen molar-refractivity contribution in [1.82, 2.24) is 5.32 Å². The van der Waals surface area contributed by atoms with Crippen molar-refractivity contribution in [2.24, 2.45) is 0 Å². The van der Waals surface area contributed by atoms with Gasteiger partial charge in [0.25, 0.3) is 15.9 Å². The molecule has 0 heterocycles. The van der Waals surface area contributed by atoms with Crippen molar-refractivity contribution in [3.8, 4) is 6.07 Å². The average Bonchev–Trinajstić information content (AvgIpc) is 2.77. The van der Waals surface area contributed by atoms with E-state index < -0.39 is 27.7 Å². The molecule has 3 rings (SSSR count). The van der Waals surface area contributed by atoms with E-state index in [-0.39, 0.29) is 27.7 Å². The number of anilines is 1. The molecule has 6 nitrogen and oxygen atoms in total. The summed E-state index contributed by atoms with van der Waals surface area (Å²) in [5, 5.41) is 11.4. The van der Waals surface area contributed by atoms with Crippen molar-refractivity contribution in [2.45, 2.75) is 17.6 Å². The zero-order chi connectivity index (χ0) is 24.2. The molecule has 0 aromatic heterocycles. The molecular formula is C22H15ClF3N3O3S. The molecule has 0 unspecified atom stereocenters. The number of nitrogens with zero attached hydrogens (tertiary/aromatic N) is 1. The lowest BCUT2D eigenvalue weighted by Crippen LogP contribution is -2.24. The summed E-state index contributed by atoms with van der Waals surface area (Å²) in [6.45, 7) is 0.0976. The number of hydrogen-bond acceptors (Lipinski definition) is 4. The van der Waals surface area contributed by atoms with E-state index in [1.165, 1.54) is 12.1 Å². The second-order valence-corrected chi connectivity index (χ2v) is 8.91. The minimum atomic E-state index is -4.64. The van der Waals surface area contributed by atoms with Gasteiger partial charge in [-0.25, -0.2) is 8.42 Å². The first-order chi connectivity index (χ1) is 15.5. The minimum absolute atomic E-state index is 0.00894. The van der Waals surface area contributed by atoms with Gasteiger partial charge in [0.2, 0.25) is 0 Å². The van der Waals surface area contributed by atoms with Gasteiger partial charge in [0.15, 0.2) is 0 Å². The minimum Gasteiger partial charge on any atom is -0.348 e. The second kappa shape index (κ2) is 9.52. The van der Waals surface area contributed by atoms with Gasteiger partial charge >= 0.3 is 6.18 Å². The van der Waals surface area contributed by atoms with Crippen molar-refractivity contribution in [3.63, 3.8) is 0 Å². The third kappa shape index (κ3) is 6.03. The Morgan fingerprint density at radius 2 is 1.73 bits per heavy atom. The van der Waals surface area contributed by atoms with Crippen LogP contribution in [-0.2, 0) is 22.7 Å². The fraction of sp³-hybridized carbons (Fsp3) is 0.0909. The normalized spacial score (nSPS) is 11.5. The van der Waals surface area contributed by atoms with Crippen molar-refractivity contribution < 1.29 is 26.4 Å². The molecule has 0 aliphatic carbocycles. The Balaban J connectivity index is 1.79. The quantitative estimate of drug-likeness (QED) is 0.507. The molecule has 11 heteroatoms. The summed E-state index contributed by atoms with van der Waals surface area (Å²) >= 11 is 6.06. The van der Waals surface area contributed by atoms with Crippen LogP contribution >= 0.6 is 11.6 Å². The Morgan fingerprint density at radius 1 is 1.03 bits per heavy atom. The van der Waals surface area contributed by atoms with Crippen LogP contribution in [0, 0.1) is 11.3 Å². The fourth-order valence-corrected chi connectivity index (χ4v) is 4.07. The predicted octanol–water partition coefficient (Wildman–Crippen LogP) is 4.96. The molecule has 3 aromatic carbocycles. The molecule has 170 valence electrons. The maximum Gasteiger partial charge on any atom is 0.416 e. The van der Waals surface area contributed by atoms with E-state index in [1.54, 1.807) is 24.3 Å². The topological polar surface area (TPSA) is 99.1 Å². The zero-order valence-electron chi connectivity index (χ0n) is 16.7. The first-order valence-electron chi connectivity index (χ1n) is 9.26. The highest BCUT2D eigenvalue weighted by Gasteiger charge is 2.30. The molecule has 1 amide bonds. The first kappa shape index (κ1) is 24.1.